The van der Waals surface area contributed by atoms with E-state index in [0.717, 1.165) is 17.8 Å². The fourth-order valence-electron chi connectivity index (χ4n) is 4.12. The average molecular weight is 423 g/mol. The number of amides is 2. The molecule has 1 N–H and O–H groups in total. The van der Waals surface area contributed by atoms with Crippen molar-refractivity contribution < 1.29 is 14.3 Å². The topological polar surface area (TPSA) is 75.9 Å². The van der Waals surface area contributed by atoms with E-state index in [4.69, 9.17) is 4.74 Å². The van der Waals surface area contributed by atoms with Crippen molar-refractivity contribution in [2.75, 3.05) is 11.1 Å². The van der Waals surface area contributed by atoms with Crippen molar-refractivity contribution in [3.05, 3.63) is 60.6 Å². The van der Waals surface area contributed by atoms with Crippen LogP contribution < -0.4 is 10.1 Å². The normalized spacial score (nSPS) is 23.0. The molecule has 2 aliphatic rings. The maximum Gasteiger partial charge on any atom is 0.248 e. The summed E-state index contributed by atoms with van der Waals surface area (Å²) in [7, 11) is 0. The summed E-state index contributed by atoms with van der Waals surface area (Å²) in [5.74, 6) is 1.18. The number of benzene rings is 1. The van der Waals surface area contributed by atoms with Crippen molar-refractivity contribution in [2.24, 2.45) is 0 Å². The molecule has 2 aliphatic heterocycles. The molecule has 8 heteroatoms. The number of thioether (sulfide) groups is 1. The van der Waals surface area contributed by atoms with E-state index >= 15 is 0 Å². The summed E-state index contributed by atoms with van der Waals surface area (Å²) < 4.78 is 7.82. The monoisotopic (exact) mass is 422 g/mol. The van der Waals surface area contributed by atoms with Crippen LogP contribution in [0.4, 0.5) is 5.69 Å². The largest absolute Gasteiger partial charge is 0.487 e. The Bertz CT molecular complexity index is 1100. The number of ether oxygens (including phenoxy) is 1. The Balaban J connectivity index is 1.25. The van der Waals surface area contributed by atoms with Gasteiger partial charge in [0.1, 0.15) is 24.0 Å². The first-order valence-corrected chi connectivity index (χ1v) is 10.9. The van der Waals surface area contributed by atoms with Crippen molar-refractivity contribution in [1.29, 1.82) is 0 Å². The zero-order chi connectivity index (χ0) is 20.7. The average Bonchev–Trinajstić information content (AvgIpc) is 3.39. The van der Waals surface area contributed by atoms with Crippen LogP contribution in [0.15, 0.2) is 54.9 Å². The molecular weight excluding hydrogens is 400 g/mol. The lowest BCUT2D eigenvalue weighted by molar-refractivity contribution is -0.135. The molecular formula is C22H22N4O3S. The maximum atomic E-state index is 12.9. The van der Waals surface area contributed by atoms with Crippen molar-refractivity contribution in [3.63, 3.8) is 0 Å². The smallest absolute Gasteiger partial charge is 0.248 e. The predicted molar refractivity (Wildman–Crippen MR) is 115 cm³/mol. The zero-order valence-electron chi connectivity index (χ0n) is 16.6. The van der Waals surface area contributed by atoms with Gasteiger partial charge in [-0.25, -0.2) is 4.98 Å². The second-order valence-electron chi connectivity index (χ2n) is 7.77. The SMILES string of the molecule is CC12CCC(=O)N1C(C(=O)Nc1cccc(OCc3cn4ccccc4n3)c1)CS2. The molecule has 3 aromatic rings. The molecule has 2 atom stereocenters. The number of hydrogen-bond donors (Lipinski definition) is 1. The van der Waals surface area contributed by atoms with Crippen LogP contribution in [0.1, 0.15) is 25.5 Å². The van der Waals surface area contributed by atoms with Crippen LogP contribution in [-0.2, 0) is 16.2 Å². The van der Waals surface area contributed by atoms with Gasteiger partial charge in [0.05, 0.1) is 10.6 Å². The molecule has 5 rings (SSSR count). The molecule has 0 spiro atoms. The standard InChI is InChI=1S/C22H22N4O3S/c1-22-9-8-20(27)26(22)18(14-30-22)21(28)24-15-5-4-6-17(11-15)29-13-16-12-25-10-3-2-7-19(25)23-16/h2-7,10-12,18H,8-9,13-14H2,1H3,(H,24,28). The first-order chi connectivity index (χ1) is 14.5. The lowest BCUT2D eigenvalue weighted by atomic mass is 10.2. The highest BCUT2D eigenvalue weighted by Gasteiger charge is 2.52. The molecule has 0 saturated carbocycles. The third-order valence-corrected chi connectivity index (χ3v) is 7.15. The molecule has 2 amide bonds. The van der Waals surface area contributed by atoms with E-state index in [0.29, 0.717) is 30.2 Å². The number of imidazole rings is 1. The quantitative estimate of drug-likeness (QED) is 0.683. The molecule has 30 heavy (non-hydrogen) atoms. The van der Waals surface area contributed by atoms with Gasteiger partial charge in [0.25, 0.3) is 0 Å². The van der Waals surface area contributed by atoms with Crippen LogP contribution in [0.2, 0.25) is 0 Å². The first kappa shape index (κ1) is 19.0. The minimum atomic E-state index is -0.433. The summed E-state index contributed by atoms with van der Waals surface area (Å²) >= 11 is 1.69. The molecule has 0 aliphatic carbocycles. The Labute approximate surface area is 178 Å². The number of rotatable bonds is 5. The number of pyridine rings is 1. The number of carbonyl (C=O) groups is 2. The number of nitrogens with one attached hydrogen (secondary N) is 1. The fraction of sp³-hybridized carbons (Fsp3) is 0.318. The summed E-state index contributed by atoms with van der Waals surface area (Å²) in [6, 6.07) is 12.7. The van der Waals surface area contributed by atoms with Gasteiger partial charge in [-0.3, -0.25) is 9.59 Å². The second-order valence-corrected chi connectivity index (χ2v) is 9.27. The Kier molecular flexibility index (Phi) is 4.66. The minimum absolute atomic E-state index is 0.0622. The first-order valence-electron chi connectivity index (χ1n) is 9.94. The second kappa shape index (κ2) is 7.36. The molecule has 2 fully saturated rings. The maximum absolute atomic E-state index is 12.9. The van der Waals surface area contributed by atoms with Gasteiger partial charge in [-0.05, 0) is 37.6 Å². The summed E-state index contributed by atoms with van der Waals surface area (Å²) in [6.07, 6.45) is 5.19. The third kappa shape index (κ3) is 3.41. The molecule has 2 aromatic heterocycles. The summed E-state index contributed by atoms with van der Waals surface area (Å²) in [5, 5.41) is 2.95. The number of nitrogens with zero attached hydrogens (tertiary/aromatic N) is 3. The van der Waals surface area contributed by atoms with Gasteiger partial charge in [-0.15, -0.1) is 11.8 Å². The Morgan fingerprint density at radius 2 is 2.23 bits per heavy atom. The van der Waals surface area contributed by atoms with E-state index in [1.807, 2.05) is 60.1 Å². The van der Waals surface area contributed by atoms with Gasteiger partial charge in [-0.1, -0.05) is 12.1 Å². The summed E-state index contributed by atoms with van der Waals surface area (Å²) in [4.78, 5) is 31.2. The Hall–Kier alpha value is -3.00. The number of hydrogen-bond acceptors (Lipinski definition) is 5. The molecule has 7 nitrogen and oxygen atoms in total. The molecule has 2 saturated heterocycles. The highest BCUT2D eigenvalue weighted by Crippen LogP contribution is 2.47. The highest BCUT2D eigenvalue weighted by atomic mass is 32.2. The van der Waals surface area contributed by atoms with Crippen LogP contribution in [0.25, 0.3) is 5.65 Å². The predicted octanol–water partition coefficient (Wildman–Crippen LogP) is 3.31. The molecule has 4 heterocycles. The fourth-order valence-corrected chi connectivity index (χ4v) is 5.55. The summed E-state index contributed by atoms with van der Waals surface area (Å²) in [5.41, 5.74) is 2.35. The van der Waals surface area contributed by atoms with E-state index in [9.17, 15) is 9.59 Å². The third-order valence-electron chi connectivity index (χ3n) is 5.65. The van der Waals surface area contributed by atoms with E-state index in [-0.39, 0.29) is 16.7 Å². The van der Waals surface area contributed by atoms with Gasteiger partial charge >= 0.3 is 0 Å². The lowest BCUT2D eigenvalue weighted by Gasteiger charge is -2.29. The van der Waals surface area contributed by atoms with E-state index in [1.54, 1.807) is 22.7 Å². The van der Waals surface area contributed by atoms with E-state index in [2.05, 4.69) is 10.3 Å². The Morgan fingerprint density at radius 1 is 1.33 bits per heavy atom. The molecule has 2 unspecified atom stereocenters. The number of aromatic nitrogens is 2. The van der Waals surface area contributed by atoms with Gasteiger partial charge < -0.3 is 19.4 Å². The number of carbonyl (C=O) groups excluding carboxylic acids is 2. The van der Waals surface area contributed by atoms with Gasteiger partial charge in [0, 0.05) is 36.3 Å². The zero-order valence-corrected chi connectivity index (χ0v) is 17.4. The molecule has 154 valence electrons. The van der Waals surface area contributed by atoms with Gasteiger partial charge in [0.15, 0.2) is 0 Å². The van der Waals surface area contributed by atoms with E-state index < -0.39 is 6.04 Å². The van der Waals surface area contributed by atoms with Crippen molar-refractivity contribution in [3.8, 4) is 5.75 Å². The number of fused-ring (bicyclic) bond motifs is 2. The van der Waals surface area contributed by atoms with Crippen LogP contribution in [-0.4, -0.2) is 42.8 Å². The summed E-state index contributed by atoms with van der Waals surface area (Å²) in [6.45, 7) is 2.38. The van der Waals surface area contributed by atoms with Crippen LogP contribution in [0, 0.1) is 0 Å². The van der Waals surface area contributed by atoms with Crippen LogP contribution in [0.5, 0.6) is 5.75 Å². The van der Waals surface area contributed by atoms with Crippen LogP contribution >= 0.6 is 11.8 Å². The van der Waals surface area contributed by atoms with Gasteiger partial charge in [0.2, 0.25) is 11.8 Å². The van der Waals surface area contributed by atoms with Crippen molar-refractivity contribution in [1.82, 2.24) is 14.3 Å². The minimum Gasteiger partial charge on any atom is -0.487 e. The molecule has 1 aromatic carbocycles. The molecule has 0 bridgehead atoms. The van der Waals surface area contributed by atoms with Crippen LogP contribution in [0.3, 0.4) is 0 Å². The molecule has 0 radical (unpaired) electrons. The van der Waals surface area contributed by atoms with Crippen molar-refractivity contribution >= 4 is 34.9 Å². The number of anilines is 1. The van der Waals surface area contributed by atoms with E-state index in [1.165, 1.54) is 0 Å². The van der Waals surface area contributed by atoms with Gasteiger partial charge in [-0.2, -0.15) is 0 Å². The van der Waals surface area contributed by atoms with Crippen molar-refractivity contribution in [2.45, 2.75) is 37.3 Å². The Morgan fingerprint density at radius 3 is 3.10 bits per heavy atom. The lowest BCUT2D eigenvalue weighted by Crippen LogP contribution is -2.48. The highest BCUT2D eigenvalue weighted by molar-refractivity contribution is 8.01.